The Hall–Kier alpha value is -1.47. The number of hydrogen-bond donors (Lipinski definition) is 3. The fraction of sp³-hybridized carbons (Fsp3) is 0.250. The molecular formula is C8H12N2O4S. The molecule has 0 saturated carbocycles. The summed E-state index contributed by atoms with van der Waals surface area (Å²) in [6.07, 6.45) is 0. The highest BCUT2D eigenvalue weighted by Crippen LogP contribution is 2.34. The van der Waals surface area contributed by atoms with Crippen molar-refractivity contribution in [2.75, 3.05) is 24.7 Å². The molecule has 6 nitrogen and oxygen atoms in total. The molecule has 0 aliphatic heterocycles. The first-order valence-corrected chi connectivity index (χ1v) is 5.08. The van der Waals surface area contributed by atoms with Crippen LogP contribution in [0, 0.1) is 0 Å². The summed E-state index contributed by atoms with van der Waals surface area (Å²) >= 11 is -2.17. The van der Waals surface area contributed by atoms with Gasteiger partial charge in [-0.05, 0) is 0 Å². The highest BCUT2D eigenvalue weighted by molar-refractivity contribution is 7.80. The van der Waals surface area contributed by atoms with Crippen molar-refractivity contribution in [3.05, 3.63) is 12.1 Å². The first-order valence-electron chi connectivity index (χ1n) is 3.97. The van der Waals surface area contributed by atoms with Crippen LogP contribution in [0.25, 0.3) is 0 Å². The smallest absolute Gasteiger partial charge is 0.259 e. The molecule has 0 saturated heterocycles. The van der Waals surface area contributed by atoms with Gasteiger partial charge < -0.3 is 15.2 Å². The SMILES string of the molecule is COc1cc(NS(=O)O)c(OC)cc1N. The third-order valence-corrected chi connectivity index (χ3v) is 2.14. The first kappa shape index (κ1) is 11.6. The molecule has 0 radical (unpaired) electrons. The molecule has 1 rings (SSSR count). The third kappa shape index (κ3) is 2.74. The van der Waals surface area contributed by atoms with E-state index in [0.717, 1.165) is 0 Å². The first-order chi connectivity index (χ1) is 7.08. The van der Waals surface area contributed by atoms with Crippen LogP contribution in [-0.2, 0) is 11.3 Å². The van der Waals surface area contributed by atoms with Crippen molar-refractivity contribution in [3.63, 3.8) is 0 Å². The van der Waals surface area contributed by atoms with Gasteiger partial charge in [0.2, 0.25) is 0 Å². The van der Waals surface area contributed by atoms with Gasteiger partial charge in [0.25, 0.3) is 11.3 Å². The predicted molar refractivity (Wildman–Crippen MR) is 58.4 cm³/mol. The van der Waals surface area contributed by atoms with Gasteiger partial charge in [-0.1, -0.05) is 0 Å². The van der Waals surface area contributed by atoms with Gasteiger partial charge in [-0.3, -0.25) is 9.27 Å². The lowest BCUT2D eigenvalue weighted by molar-refractivity contribution is 0.406. The average molecular weight is 232 g/mol. The van der Waals surface area contributed by atoms with Gasteiger partial charge in [0.05, 0.1) is 25.6 Å². The van der Waals surface area contributed by atoms with Gasteiger partial charge in [0.15, 0.2) is 0 Å². The molecule has 1 unspecified atom stereocenters. The molecule has 0 amide bonds. The molecule has 1 aromatic carbocycles. The summed E-state index contributed by atoms with van der Waals surface area (Å²) in [5.41, 5.74) is 6.37. The fourth-order valence-electron chi connectivity index (χ4n) is 1.10. The fourth-order valence-corrected chi connectivity index (χ4v) is 1.44. The van der Waals surface area contributed by atoms with Crippen LogP contribution in [-0.4, -0.2) is 23.0 Å². The largest absolute Gasteiger partial charge is 0.495 e. The zero-order valence-corrected chi connectivity index (χ0v) is 9.13. The highest BCUT2D eigenvalue weighted by atomic mass is 32.2. The Morgan fingerprint density at radius 3 is 2.40 bits per heavy atom. The summed E-state index contributed by atoms with van der Waals surface area (Å²) in [6, 6.07) is 3.00. The second-order valence-corrected chi connectivity index (χ2v) is 3.35. The van der Waals surface area contributed by atoms with E-state index in [4.69, 9.17) is 19.8 Å². The number of nitrogens with one attached hydrogen (secondary N) is 1. The van der Waals surface area contributed by atoms with E-state index in [1.807, 2.05) is 0 Å². The van der Waals surface area contributed by atoms with E-state index in [1.165, 1.54) is 26.4 Å². The quantitative estimate of drug-likeness (QED) is 0.528. The Bertz CT molecular complexity index is 383. The molecule has 1 aromatic rings. The van der Waals surface area contributed by atoms with Crippen molar-refractivity contribution in [2.24, 2.45) is 0 Å². The van der Waals surface area contributed by atoms with Gasteiger partial charge in [-0.25, -0.2) is 4.21 Å². The third-order valence-electron chi connectivity index (χ3n) is 1.75. The lowest BCUT2D eigenvalue weighted by Crippen LogP contribution is -2.05. The Morgan fingerprint density at radius 1 is 1.33 bits per heavy atom. The minimum absolute atomic E-state index is 0.337. The lowest BCUT2D eigenvalue weighted by atomic mass is 10.2. The second-order valence-electron chi connectivity index (χ2n) is 2.65. The van der Waals surface area contributed by atoms with Crippen molar-refractivity contribution < 1.29 is 18.2 Å². The van der Waals surface area contributed by atoms with Crippen molar-refractivity contribution in [2.45, 2.75) is 0 Å². The number of rotatable bonds is 4. The Balaban J connectivity index is 3.16. The number of ether oxygens (including phenoxy) is 2. The number of hydrogen-bond acceptors (Lipinski definition) is 4. The van der Waals surface area contributed by atoms with Gasteiger partial charge in [0, 0.05) is 12.1 Å². The van der Waals surface area contributed by atoms with Crippen LogP contribution in [0.3, 0.4) is 0 Å². The summed E-state index contributed by atoms with van der Waals surface area (Å²) in [5, 5.41) is 0. The molecule has 0 bridgehead atoms. The monoisotopic (exact) mass is 232 g/mol. The zero-order valence-electron chi connectivity index (χ0n) is 8.31. The molecule has 0 heterocycles. The Kier molecular flexibility index (Phi) is 3.75. The molecule has 84 valence electrons. The maximum Gasteiger partial charge on any atom is 0.259 e. The van der Waals surface area contributed by atoms with E-state index in [9.17, 15) is 4.21 Å². The zero-order chi connectivity index (χ0) is 11.4. The number of benzene rings is 1. The van der Waals surface area contributed by atoms with E-state index < -0.39 is 11.3 Å². The molecule has 0 spiro atoms. The molecule has 15 heavy (non-hydrogen) atoms. The van der Waals surface area contributed by atoms with E-state index >= 15 is 0 Å². The van der Waals surface area contributed by atoms with E-state index in [0.29, 0.717) is 22.9 Å². The number of methoxy groups -OCH3 is 2. The van der Waals surface area contributed by atoms with Crippen LogP contribution in [0.4, 0.5) is 11.4 Å². The van der Waals surface area contributed by atoms with Crippen LogP contribution < -0.4 is 19.9 Å². The molecule has 7 heteroatoms. The molecule has 0 aliphatic rings. The van der Waals surface area contributed by atoms with E-state index in [-0.39, 0.29) is 0 Å². The van der Waals surface area contributed by atoms with Gasteiger partial charge in [-0.15, -0.1) is 0 Å². The predicted octanol–water partition coefficient (Wildman–Crippen LogP) is 0.835. The molecule has 0 aliphatic carbocycles. The molecule has 4 N–H and O–H groups in total. The van der Waals surface area contributed by atoms with Crippen LogP contribution in [0.15, 0.2) is 12.1 Å². The van der Waals surface area contributed by atoms with Crippen LogP contribution in [0.1, 0.15) is 0 Å². The van der Waals surface area contributed by atoms with Crippen LogP contribution in [0.2, 0.25) is 0 Å². The summed E-state index contributed by atoms with van der Waals surface area (Å²) in [5.74, 6) is 0.777. The average Bonchev–Trinajstić information content (AvgIpc) is 2.19. The van der Waals surface area contributed by atoms with Crippen molar-refractivity contribution >= 4 is 22.6 Å². The van der Waals surface area contributed by atoms with Gasteiger partial charge in [-0.2, -0.15) is 0 Å². The minimum Gasteiger partial charge on any atom is -0.495 e. The Morgan fingerprint density at radius 2 is 1.93 bits per heavy atom. The van der Waals surface area contributed by atoms with Gasteiger partial charge >= 0.3 is 0 Å². The topological polar surface area (TPSA) is 93.8 Å². The summed E-state index contributed by atoms with van der Waals surface area (Å²) in [6.45, 7) is 0. The van der Waals surface area contributed by atoms with Crippen molar-refractivity contribution in [1.29, 1.82) is 0 Å². The minimum atomic E-state index is -2.17. The number of anilines is 2. The van der Waals surface area contributed by atoms with E-state index in [1.54, 1.807) is 0 Å². The molecule has 1 atom stereocenters. The summed E-state index contributed by atoms with van der Waals surface area (Å²) in [4.78, 5) is 0. The second kappa shape index (κ2) is 4.85. The Labute approximate surface area is 89.8 Å². The van der Waals surface area contributed by atoms with Crippen molar-refractivity contribution in [1.82, 2.24) is 0 Å². The maximum atomic E-state index is 10.6. The normalized spacial score (nSPS) is 11.9. The molecule has 0 fully saturated rings. The maximum absolute atomic E-state index is 10.6. The lowest BCUT2D eigenvalue weighted by Gasteiger charge is -2.12. The number of nitrogen functional groups attached to an aromatic ring is 1. The van der Waals surface area contributed by atoms with Crippen LogP contribution in [0.5, 0.6) is 11.5 Å². The molecule has 0 aromatic heterocycles. The van der Waals surface area contributed by atoms with Gasteiger partial charge in [0.1, 0.15) is 11.5 Å². The van der Waals surface area contributed by atoms with Crippen molar-refractivity contribution in [3.8, 4) is 11.5 Å². The standard InChI is InChI=1S/C8H12N2O4S/c1-13-7-4-6(10-15(11)12)8(14-2)3-5(7)9/h3-4,10H,9H2,1-2H3,(H,11,12). The number of nitrogens with two attached hydrogens (primary N) is 1. The highest BCUT2D eigenvalue weighted by Gasteiger charge is 2.10. The molecular weight excluding hydrogens is 220 g/mol. The summed E-state index contributed by atoms with van der Waals surface area (Å²) in [7, 11) is 2.89. The van der Waals surface area contributed by atoms with Crippen LogP contribution >= 0.6 is 0 Å². The van der Waals surface area contributed by atoms with E-state index in [2.05, 4.69) is 4.72 Å². The summed E-state index contributed by atoms with van der Waals surface area (Å²) < 4.78 is 31.5.